The molecule has 0 aliphatic heterocycles. The molecular formula is C12H8N4O5. The molecule has 0 bridgehead atoms. The van der Waals surface area contributed by atoms with Crippen LogP contribution in [-0.2, 0) is 6.54 Å². The second kappa shape index (κ2) is 4.71. The number of carboxylic acid groups (broad SMARTS) is 1. The Hall–Kier alpha value is -3.23. The van der Waals surface area contributed by atoms with Crippen molar-refractivity contribution in [1.82, 2.24) is 14.9 Å². The minimum atomic E-state index is -1.19. The normalized spacial score (nSPS) is 10.9. The highest BCUT2D eigenvalue weighted by Crippen LogP contribution is 2.21. The molecular weight excluding hydrogens is 280 g/mol. The summed E-state index contributed by atoms with van der Waals surface area (Å²) in [5, 5.41) is 27.8. The number of carboxylic acids is 1. The number of aromatic nitrogens is 3. The van der Waals surface area contributed by atoms with Crippen LogP contribution in [0.15, 0.2) is 35.0 Å². The lowest BCUT2D eigenvalue weighted by Crippen LogP contribution is -2.01. The zero-order valence-electron chi connectivity index (χ0n) is 10.5. The van der Waals surface area contributed by atoms with E-state index in [0.717, 1.165) is 5.39 Å². The zero-order chi connectivity index (χ0) is 15.0. The lowest BCUT2D eigenvalue weighted by molar-refractivity contribution is -0.384. The van der Waals surface area contributed by atoms with Crippen molar-refractivity contribution < 1.29 is 19.3 Å². The molecule has 0 saturated carbocycles. The van der Waals surface area contributed by atoms with Crippen molar-refractivity contribution in [3.63, 3.8) is 0 Å². The summed E-state index contributed by atoms with van der Waals surface area (Å²) in [4.78, 5) is 21.0. The third-order valence-corrected chi connectivity index (χ3v) is 2.92. The number of hydrogen-bond acceptors (Lipinski definition) is 6. The maximum atomic E-state index is 10.8. The van der Waals surface area contributed by atoms with E-state index >= 15 is 0 Å². The molecule has 0 fully saturated rings. The van der Waals surface area contributed by atoms with E-state index in [-0.39, 0.29) is 17.9 Å². The molecule has 3 aromatic rings. The molecule has 9 heteroatoms. The standard InChI is InChI=1S/C12H8N4O5/c17-12(18)10-4-9(21-14-10)6-15-11-3-8(16(19)20)2-1-7(11)5-13-15/h1-5H,6H2,(H,17,18). The molecule has 0 unspecified atom stereocenters. The van der Waals surface area contributed by atoms with E-state index < -0.39 is 10.9 Å². The highest BCUT2D eigenvalue weighted by atomic mass is 16.6. The zero-order valence-corrected chi connectivity index (χ0v) is 10.5. The molecule has 9 nitrogen and oxygen atoms in total. The first-order chi connectivity index (χ1) is 10.0. The van der Waals surface area contributed by atoms with Gasteiger partial charge in [-0.05, 0) is 6.07 Å². The van der Waals surface area contributed by atoms with Crippen LogP contribution in [0.3, 0.4) is 0 Å². The molecule has 0 spiro atoms. The van der Waals surface area contributed by atoms with Gasteiger partial charge < -0.3 is 9.63 Å². The summed E-state index contributed by atoms with van der Waals surface area (Å²) in [6, 6.07) is 5.68. The highest BCUT2D eigenvalue weighted by molar-refractivity contribution is 5.85. The molecule has 0 amide bonds. The van der Waals surface area contributed by atoms with Crippen LogP contribution in [0, 0.1) is 10.1 Å². The first-order valence-electron chi connectivity index (χ1n) is 5.83. The van der Waals surface area contributed by atoms with Gasteiger partial charge in [-0.2, -0.15) is 5.10 Å². The number of non-ortho nitro benzene ring substituents is 1. The van der Waals surface area contributed by atoms with Gasteiger partial charge in [0.05, 0.1) is 16.6 Å². The van der Waals surface area contributed by atoms with Gasteiger partial charge in [-0.25, -0.2) is 4.79 Å². The Balaban J connectivity index is 1.97. The number of aromatic carboxylic acids is 1. The highest BCUT2D eigenvalue weighted by Gasteiger charge is 2.14. The average molecular weight is 288 g/mol. The molecule has 1 N–H and O–H groups in total. The molecule has 0 aliphatic carbocycles. The number of nitro groups is 1. The Morgan fingerprint density at radius 2 is 2.24 bits per heavy atom. The number of carbonyl (C=O) groups is 1. The molecule has 1 aromatic carbocycles. The molecule has 2 aromatic heterocycles. The van der Waals surface area contributed by atoms with E-state index in [1.807, 2.05) is 0 Å². The van der Waals surface area contributed by atoms with Gasteiger partial charge in [-0.3, -0.25) is 14.8 Å². The van der Waals surface area contributed by atoms with Crippen molar-refractivity contribution in [3.05, 3.63) is 52.0 Å². The second-order valence-electron chi connectivity index (χ2n) is 4.29. The Bertz CT molecular complexity index is 850. The smallest absolute Gasteiger partial charge is 0.358 e. The van der Waals surface area contributed by atoms with Crippen molar-refractivity contribution in [2.24, 2.45) is 0 Å². The van der Waals surface area contributed by atoms with E-state index in [0.29, 0.717) is 11.3 Å². The maximum absolute atomic E-state index is 10.8. The predicted molar refractivity (Wildman–Crippen MR) is 69.0 cm³/mol. The van der Waals surface area contributed by atoms with Crippen LogP contribution in [0.5, 0.6) is 0 Å². The molecule has 0 atom stereocenters. The van der Waals surface area contributed by atoms with E-state index in [4.69, 9.17) is 9.63 Å². The molecule has 0 aliphatic rings. The van der Waals surface area contributed by atoms with Crippen LogP contribution in [0.25, 0.3) is 10.9 Å². The fourth-order valence-corrected chi connectivity index (χ4v) is 1.93. The van der Waals surface area contributed by atoms with Crippen LogP contribution >= 0.6 is 0 Å². The lowest BCUT2D eigenvalue weighted by Gasteiger charge is -1.99. The third kappa shape index (κ3) is 2.31. The molecule has 0 saturated heterocycles. The minimum absolute atomic E-state index is 0.0481. The van der Waals surface area contributed by atoms with Gasteiger partial charge in [-0.15, -0.1) is 0 Å². The SMILES string of the molecule is O=C(O)c1cc(Cn2ncc3ccc([N+](=O)[O-])cc32)on1. The summed E-state index contributed by atoms with van der Waals surface area (Å²) >= 11 is 0. The number of rotatable bonds is 4. The Morgan fingerprint density at radius 1 is 1.43 bits per heavy atom. The first-order valence-corrected chi connectivity index (χ1v) is 5.83. The van der Waals surface area contributed by atoms with Gasteiger partial charge in [-0.1, -0.05) is 5.16 Å². The quantitative estimate of drug-likeness (QED) is 0.571. The lowest BCUT2D eigenvalue weighted by atomic mass is 10.2. The van der Waals surface area contributed by atoms with Crippen LogP contribution in [0.4, 0.5) is 5.69 Å². The molecule has 3 rings (SSSR count). The number of nitro benzene ring substituents is 1. The monoisotopic (exact) mass is 288 g/mol. The van der Waals surface area contributed by atoms with E-state index in [1.165, 1.54) is 22.9 Å². The number of benzene rings is 1. The van der Waals surface area contributed by atoms with Gasteiger partial charge in [0.15, 0.2) is 11.5 Å². The van der Waals surface area contributed by atoms with Crippen molar-refractivity contribution >= 4 is 22.6 Å². The van der Waals surface area contributed by atoms with Gasteiger partial charge in [0.25, 0.3) is 5.69 Å². The third-order valence-electron chi connectivity index (χ3n) is 2.92. The van der Waals surface area contributed by atoms with Gasteiger partial charge in [0.2, 0.25) is 0 Å². The van der Waals surface area contributed by atoms with Crippen LogP contribution in [0.2, 0.25) is 0 Å². The molecule has 21 heavy (non-hydrogen) atoms. The molecule has 106 valence electrons. The second-order valence-corrected chi connectivity index (χ2v) is 4.29. The van der Waals surface area contributed by atoms with Crippen molar-refractivity contribution in [3.8, 4) is 0 Å². The number of hydrogen-bond donors (Lipinski definition) is 1. The van der Waals surface area contributed by atoms with Crippen molar-refractivity contribution in [2.45, 2.75) is 6.54 Å². The summed E-state index contributed by atoms with van der Waals surface area (Å²) in [5.74, 6) is -0.894. The van der Waals surface area contributed by atoms with Crippen molar-refractivity contribution in [2.75, 3.05) is 0 Å². The van der Waals surface area contributed by atoms with Crippen LogP contribution in [0.1, 0.15) is 16.2 Å². The van der Waals surface area contributed by atoms with Crippen LogP contribution < -0.4 is 0 Å². The Kier molecular flexibility index (Phi) is 2.87. The van der Waals surface area contributed by atoms with Crippen molar-refractivity contribution in [1.29, 1.82) is 0 Å². The van der Waals surface area contributed by atoms with Gasteiger partial charge in [0, 0.05) is 23.6 Å². The summed E-state index contributed by atoms with van der Waals surface area (Å²) < 4.78 is 6.38. The number of fused-ring (bicyclic) bond motifs is 1. The maximum Gasteiger partial charge on any atom is 0.358 e. The largest absolute Gasteiger partial charge is 0.476 e. The molecule has 2 heterocycles. The fraction of sp³-hybridized carbons (Fsp3) is 0.0833. The predicted octanol–water partition coefficient (Wildman–Crippen LogP) is 1.68. The Morgan fingerprint density at radius 3 is 2.90 bits per heavy atom. The van der Waals surface area contributed by atoms with E-state index in [1.54, 1.807) is 12.3 Å². The van der Waals surface area contributed by atoms with Crippen LogP contribution in [-0.4, -0.2) is 30.9 Å². The van der Waals surface area contributed by atoms with E-state index in [2.05, 4.69) is 10.3 Å². The summed E-state index contributed by atoms with van der Waals surface area (Å²) in [5.41, 5.74) is 0.304. The number of nitrogens with zero attached hydrogens (tertiary/aromatic N) is 4. The summed E-state index contributed by atoms with van der Waals surface area (Å²) in [7, 11) is 0. The van der Waals surface area contributed by atoms with Gasteiger partial charge >= 0.3 is 5.97 Å². The fourth-order valence-electron chi connectivity index (χ4n) is 1.93. The summed E-state index contributed by atoms with van der Waals surface area (Å²) in [6.45, 7) is 0.130. The minimum Gasteiger partial charge on any atom is -0.476 e. The Labute approximate surface area is 116 Å². The van der Waals surface area contributed by atoms with Gasteiger partial charge in [0.1, 0.15) is 6.54 Å². The summed E-state index contributed by atoms with van der Waals surface area (Å²) in [6.07, 6.45) is 1.56. The topological polar surface area (TPSA) is 124 Å². The average Bonchev–Trinajstić information content (AvgIpc) is 3.06. The van der Waals surface area contributed by atoms with E-state index in [9.17, 15) is 14.9 Å². The molecule has 0 radical (unpaired) electrons. The first kappa shape index (κ1) is 12.8.